The summed E-state index contributed by atoms with van der Waals surface area (Å²) in [7, 11) is 0. The van der Waals surface area contributed by atoms with Crippen molar-refractivity contribution in [2.45, 2.75) is 32.7 Å². The fourth-order valence-electron chi connectivity index (χ4n) is 3.96. The van der Waals surface area contributed by atoms with Crippen molar-refractivity contribution < 1.29 is 9.18 Å². The summed E-state index contributed by atoms with van der Waals surface area (Å²) in [6.45, 7) is 4.97. The van der Waals surface area contributed by atoms with E-state index in [0.29, 0.717) is 43.0 Å². The van der Waals surface area contributed by atoms with Crippen molar-refractivity contribution in [2.24, 2.45) is 11.7 Å². The normalized spacial score (nSPS) is 15.8. The molecule has 1 fully saturated rings. The van der Waals surface area contributed by atoms with Crippen molar-refractivity contribution in [3.05, 3.63) is 41.5 Å². The molecule has 3 aromatic rings. The predicted molar refractivity (Wildman–Crippen MR) is 117 cm³/mol. The average Bonchev–Trinajstić information content (AvgIpc) is 2.75. The van der Waals surface area contributed by atoms with Crippen LogP contribution in [0, 0.1) is 18.7 Å². The minimum Gasteiger partial charge on any atom is -0.369 e. The van der Waals surface area contributed by atoms with Gasteiger partial charge in [0.05, 0.1) is 11.6 Å². The number of aryl methyl sites for hydroxylation is 1. The number of amides is 1. The van der Waals surface area contributed by atoms with E-state index in [1.165, 1.54) is 12.4 Å². The molecule has 162 valence electrons. The zero-order valence-electron chi connectivity index (χ0n) is 17.5. The van der Waals surface area contributed by atoms with Crippen molar-refractivity contribution in [1.29, 1.82) is 0 Å². The zero-order chi connectivity index (χ0) is 22.1. The summed E-state index contributed by atoms with van der Waals surface area (Å²) in [5, 5.41) is 4.08. The highest BCUT2D eigenvalue weighted by molar-refractivity contribution is 5.85. The van der Waals surface area contributed by atoms with Crippen LogP contribution in [0.1, 0.15) is 36.9 Å². The molecule has 5 N–H and O–H groups in total. The van der Waals surface area contributed by atoms with Gasteiger partial charge in [0.1, 0.15) is 18.0 Å². The van der Waals surface area contributed by atoms with Gasteiger partial charge in [-0.25, -0.2) is 19.3 Å². The number of fused-ring (bicyclic) bond motifs is 1. The van der Waals surface area contributed by atoms with E-state index in [1.54, 1.807) is 13.0 Å². The molecule has 4 rings (SSSR count). The van der Waals surface area contributed by atoms with E-state index in [9.17, 15) is 9.18 Å². The molecular weight excluding hydrogens is 399 g/mol. The molecule has 0 spiro atoms. The number of benzene rings is 1. The Hall–Kier alpha value is -3.56. The molecule has 1 unspecified atom stereocenters. The van der Waals surface area contributed by atoms with Gasteiger partial charge in [-0.3, -0.25) is 4.79 Å². The standard InChI is InChI=1S/C21H25FN8O/c1-11-16(22)4-3-14-9-15(12(2)27-21-26-10-25-20(24)29-21)19(28-17(11)14)30-7-5-13(6-8-30)18(23)31/h3-4,9-10,12-13H,5-8H2,1-2H3,(H2,23,31)(H3,24,25,26,27,29). The van der Waals surface area contributed by atoms with Crippen molar-refractivity contribution in [1.82, 2.24) is 19.9 Å². The first-order valence-corrected chi connectivity index (χ1v) is 10.2. The van der Waals surface area contributed by atoms with Gasteiger partial charge >= 0.3 is 0 Å². The number of hydrogen-bond donors (Lipinski definition) is 3. The second kappa shape index (κ2) is 8.29. The van der Waals surface area contributed by atoms with Crippen molar-refractivity contribution >= 4 is 34.5 Å². The Balaban J connectivity index is 1.74. The molecule has 1 saturated heterocycles. The molecule has 1 aliphatic heterocycles. The number of nitrogens with one attached hydrogen (secondary N) is 1. The molecule has 3 heterocycles. The SMILES string of the molecule is Cc1c(F)ccc2cc(C(C)Nc3ncnc(N)n3)c(N3CCC(C(N)=O)CC3)nc12. The third-order valence-corrected chi connectivity index (χ3v) is 5.78. The van der Waals surface area contributed by atoms with E-state index < -0.39 is 0 Å². The number of pyridine rings is 1. The third-order valence-electron chi connectivity index (χ3n) is 5.78. The number of nitrogens with two attached hydrogens (primary N) is 2. The number of halogens is 1. The number of primary amides is 1. The molecule has 1 atom stereocenters. The molecule has 1 aliphatic rings. The molecule has 1 amide bonds. The van der Waals surface area contributed by atoms with E-state index in [0.717, 1.165) is 16.8 Å². The number of anilines is 3. The Bertz CT molecular complexity index is 1130. The summed E-state index contributed by atoms with van der Waals surface area (Å²) in [5.74, 6) is 0.522. The van der Waals surface area contributed by atoms with Crippen LogP contribution in [0.4, 0.5) is 22.1 Å². The number of nitrogen functional groups attached to an aromatic ring is 1. The molecular formula is C21H25FN8O. The molecule has 0 saturated carbocycles. The molecule has 9 nitrogen and oxygen atoms in total. The maximum absolute atomic E-state index is 14.2. The van der Waals surface area contributed by atoms with Crippen LogP contribution in [-0.2, 0) is 4.79 Å². The Morgan fingerprint density at radius 2 is 2.00 bits per heavy atom. The zero-order valence-corrected chi connectivity index (χ0v) is 17.5. The monoisotopic (exact) mass is 424 g/mol. The van der Waals surface area contributed by atoms with Crippen LogP contribution in [-0.4, -0.2) is 38.9 Å². The largest absolute Gasteiger partial charge is 0.369 e. The fraction of sp³-hybridized carbons (Fsp3) is 0.381. The number of carbonyl (C=O) groups is 1. The maximum Gasteiger partial charge on any atom is 0.227 e. The molecule has 0 bridgehead atoms. The predicted octanol–water partition coefficient (Wildman–Crippen LogP) is 2.32. The minimum atomic E-state index is -0.294. The first-order chi connectivity index (χ1) is 14.8. The van der Waals surface area contributed by atoms with Crippen molar-refractivity contribution in [3.63, 3.8) is 0 Å². The van der Waals surface area contributed by atoms with E-state index >= 15 is 0 Å². The van der Waals surface area contributed by atoms with Gasteiger partial charge in [0.15, 0.2) is 0 Å². The topological polar surface area (TPSA) is 136 Å². The summed E-state index contributed by atoms with van der Waals surface area (Å²) in [6.07, 6.45) is 2.66. The van der Waals surface area contributed by atoms with Gasteiger partial charge < -0.3 is 21.7 Å². The highest BCUT2D eigenvalue weighted by atomic mass is 19.1. The second-order valence-electron chi connectivity index (χ2n) is 7.84. The van der Waals surface area contributed by atoms with Gasteiger partial charge in [0, 0.05) is 35.5 Å². The average molecular weight is 424 g/mol. The number of aromatic nitrogens is 4. The first-order valence-electron chi connectivity index (χ1n) is 10.2. The van der Waals surface area contributed by atoms with Crippen LogP contribution < -0.4 is 21.7 Å². The summed E-state index contributed by atoms with van der Waals surface area (Å²) in [4.78, 5) is 30.6. The summed E-state index contributed by atoms with van der Waals surface area (Å²) in [6, 6.07) is 4.97. The van der Waals surface area contributed by atoms with E-state index in [1.807, 2.05) is 13.0 Å². The molecule has 0 radical (unpaired) electrons. The van der Waals surface area contributed by atoms with Gasteiger partial charge in [-0.2, -0.15) is 4.98 Å². The molecule has 10 heteroatoms. The number of rotatable bonds is 5. The van der Waals surface area contributed by atoms with Crippen LogP contribution in [0.2, 0.25) is 0 Å². The maximum atomic E-state index is 14.2. The number of piperidine rings is 1. The highest BCUT2D eigenvalue weighted by Gasteiger charge is 2.27. The van der Waals surface area contributed by atoms with Gasteiger partial charge in [-0.15, -0.1) is 0 Å². The van der Waals surface area contributed by atoms with Gasteiger partial charge in [-0.05, 0) is 44.9 Å². The first kappa shape index (κ1) is 20.7. The van der Waals surface area contributed by atoms with Crippen LogP contribution >= 0.6 is 0 Å². The summed E-state index contributed by atoms with van der Waals surface area (Å²) in [5.41, 5.74) is 13.2. The van der Waals surface area contributed by atoms with Crippen LogP contribution in [0.15, 0.2) is 24.5 Å². The Labute approximate surface area is 179 Å². The van der Waals surface area contributed by atoms with Gasteiger partial charge in [0.25, 0.3) is 0 Å². The van der Waals surface area contributed by atoms with E-state index in [-0.39, 0.29) is 29.6 Å². The minimum absolute atomic E-state index is 0.126. The van der Waals surface area contributed by atoms with Gasteiger partial charge in [0.2, 0.25) is 17.8 Å². The Morgan fingerprint density at radius 3 is 2.68 bits per heavy atom. The summed E-state index contributed by atoms with van der Waals surface area (Å²) < 4.78 is 14.2. The lowest BCUT2D eigenvalue weighted by Gasteiger charge is -2.34. The van der Waals surface area contributed by atoms with Crippen molar-refractivity contribution in [3.8, 4) is 0 Å². The Morgan fingerprint density at radius 1 is 1.26 bits per heavy atom. The highest BCUT2D eigenvalue weighted by Crippen LogP contribution is 2.33. The number of carbonyl (C=O) groups excluding carboxylic acids is 1. The van der Waals surface area contributed by atoms with Crippen LogP contribution in [0.25, 0.3) is 10.9 Å². The smallest absolute Gasteiger partial charge is 0.227 e. The number of nitrogens with zero attached hydrogens (tertiary/aromatic N) is 5. The second-order valence-corrected chi connectivity index (χ2v) is 7.84. The lowest BCUT2D eigenvalue weighted by molar-refractivity contribution is -0.122. The number of hydrogen-bond acceptors (Lipinski definition) is 8. The quantitative estimate of drug-likeness (QED) is 0.568. The molecule has 31 heavy (non-hydrogen) atoms. The lowest BCUT2D eigenvalue weighted by atomic mass is 9.95. The fourth-order valence-corrected chi connectivity index (χ4v) is 3.96. The molecule has 2 aromatic heterocycles. The van der Waals surface area contributed by atoms with Crippen LogP contribution in [0.5, 0.6) is 0 Å². The third kappa shape index (κ3) is 4.18. The van der Waals surface area contributed by atoms with Gasteiger partial charge in [-0.1, -0.05) is 0 Å². The summed E-state index contributed by atoms with van der Waals surface area (Å²) >= 11 is 0. The molecule has 0 aliphatic carbocycles. The van der Waals surface area contributed by atoms with E-state index in [4.69, 9.17) is 16.5 Å². The van der Waals surface area contributed by atoms with Crippen LogP contribution in [0.3, 0.4) is 0 Å². The Kier molecular flexibility index (Phi) is 5.53. The van der Waals surface area contributed by atoms with Crippen molar-refractivity contribution in [2.75, 3.05) is 29.0 Å². The van der Waals surface area contributed by atoms with E-state index in [2.05, 4.69) is 25.2 Å². The lowest BCUT2D eigenvalue weighted by Crippen LogP contribution is -2.39. The molecule has 1 aromatic carbocycles.